The second-order valence-electron chi connectivity index (χ2n) is 5.42. The highest BCUT2D eigenvalue weighted by Crippen LogP contribution is 2.36. The van der Waals surface area contributed by atoms with E-state index in [4.69, 9.17) is 0 Å². The van der Waals surface area contributed by atoms with E-state index in [9.17, 15) is 4.79 Å². The number of likely N-dealkylation sites (tertiary alicyclic amines) is 1. The molecule has 1 saturated heterocycles. The van der Waals surface area contributed by atoms with Crippen molar-refractivity contribution < 1.29 is 4.79 Å². The minimum atomic E-state index is -0.213. The van der Waals surface area contributed by atoms with Gasteiger partial charge in [-0.25, -0.2) is 4.79 Å². The SMILES string of the molecule is CN1CCC[C@@H](CNC(=O)Nc2nncs2)[C@H]1c1cccs1. The molecule has 0 radical (unpaired) electrons. The Morgan fingerprint density at radius 2 is 2.41 bits per heavy atom. The van der Waals surface area contributed by atoms with Crippen LogP contribution in [0.3, 0.4) is 0 Å². The van der Waals surface area contributed by atoms with Crippen LogP contribution in [0.1, 0.15) is 23.8 Å². The molecule has 2 N–H and O–H groups in total. The van der Waals surface area contributed by atoms with Gasteiger partial charge in [0.05, 0.1) is 0 Å². The molecule has 1 fully saturated rings. The Hall–Kier alpha value is -1.51. The quantitative estimate of drug-likeness (QED) is 0.900. The standard InChI is InChI=1S/C14H19N5OS2/c1-19-6-2-4-10(12(19)11-5-3-7-21-11)8-15-13(20)17-14-18-16-9-22-14/h3,5,7,9-10,12H,2,4,6,8H2,1H3,(H2,15,17,18,20)/t10-,12-/m0/s1. The first-order valence-electron chi connectivity index (χ1n) is 7.28. The van der Waals surface area contributed by atoms with Crippen LogP contribution in [0.2, 0.25) is 0 Å². The third-order valence-electron chi connectivity index (χ3n) is 3.95. The molecule has 0 spiro atoms. The number of amides is 2. The van der Waals surface area contributed by atoms with Crippen molar-refractivity contribution in [3.63, 3.8) is 0 Å². The van der Waals surface area contributed by atoms with E-state index >= 15 is 0 Å². The molecule has 3 heterocycles. The lowest BCUT2D eigenvalue weighted by atomic mass is 9.88. The van der Waals surface area contributed by atoms with Crippen LogP contribution in [0.25, 0.3) is 0 Å². The van der Waals surface area contributed by atoms with Gasteiger partial charge in [0.15, 0.2) is 0 Å². The molecule has 0 bridgehead atoms. The van der Waals surface area contributed by atoms with Crippen molar-refractivity contribution >= 4 is 33.8 Å². The van der Waals surface area contributed by atoms with Crippen LogP contribution in [0.15, 0.2) is 23.0 Å². The van der Waals surface area contributed by atoms with Crippen LogP contribution in [-0.2, 0) is 0 Å². The molecule has 2 aromatic rings. The number of nitrogens with zero attached hydrogens (tertiary/aromatic N) is 3. The smallest absolute Gasteiger partial charge is 0.321 e. The fourth-order valence-corrected chi connectivity index (χ4v) is 4.40. The molecule has 8 heteroatoms. The van der Waals surface area contributed by atoms with Gasteiger partial charge in [0.25, 0.3) is 0 Å². The van der Waals surface area contributed by atoms with Gasteiger partial charge in [-0.05, 0) is 43.8 Å². The minimum Gasteiger partial charge on any atom is -0.337 e. The molecule has 22 heavy (non-hydrogen) atoms. The van der Waals surface area contributed by atoms with Gasteiger partial charge >= 0.3 is 6.03 Å². The summed E-state index contributed by atoms with van der Waals surface area (Å²) in [4.78, 5) is 15.7. The van der Waals surface area contributed by atoms with Crippen molar-refractivity contribution in [1.29, 1.82) is 0 Å². The zero-order valence-electron chi connectivity index (χ0n) is 12.4. The van der Waals surface area contributed by atoms with Gasteiger partial charge in [0.1, 0.15) is 5.51 Å². The van der Waals surface area contributed by atoms with E-state index in [2.05, 4.69) is 50.3 Å². The first-order chi connectivity index (χ1) is 10.7. The molecule has 0 saturated carbocycles. The van der Waals surface area contributed by atoms with Crippen molar-refractivity contribution in [3.8, 4) is 0 Å². The summed E-state index contributed by atoms with van der Waals surface area (Å²) in [6, 6.07) is 4.45. The fraction of sp³-hybridized carbons (Fsp3) is 0.500. The molecule has 0 aromatic carbocycles. The third kappa shape index (κ3) is 3.63. The number of aromatic nitrogens is 2. The van der Waals surface area contributed by atoms with E-state index in [1.807, 2.05) is 0 Å². The molecule has 2 atom stereocenters. The lowest BCUT2D eigenvalue weighted by Gasteiger charge is -2.38. The summed E-state index contributed by atoms with van der Waals surface area (Å²) in [5, 5.41) is 15.8. The lowest BCUT2D eigenvalue weighted by molar-refractivity contribution is 0.123. The number of piperidine rings is 1. The van der Waals surface area contributed by atoms with E-state index in [-0.39, 0.29) is 6.03 Å². The van der Waals surface area contributed by atoms with Crippen LogP contribution in [0.4, 0.5) is 9.93 Å². The van der Waals surface area contributed by atoms with E-state index < -0.39 is 0 Å². The van der Waals surface area contributed by atoms with E-state index in [1.54, 1.807) is 16.8 Å². The summed E-state index contributed by atoms with van der Waals surface area (Å²) in [5.41, 5.74) is 1.60. The highest BCUT2D eigenvalue weighted by Gasteiger charge is 2.31. The van der Waals surface area contributed by atoms with Crippen molar-refractivity contribution in [2.24, 2.45) is 5.92 Å². The Morgan fingerprint density at radius 1 is 1.50 bits per heavy atom. The van der Waals surface area contributed by atoms with E-state index in [0.717, 1.165) is 13.0 Å². The highest BCUT2D eigenvalue weighted by atomic mass is 32.1. The van der Waals surface area contributed by atoms with Gasteiger partial charge in [-0.3, -0.25) is 10.2 Å². The molecule has 3 rings (SSSR count). The highest BCUT2D eigenvalue weighted by molar-refractivity contribution is 7.13. The molecule has 1 aliphatic rings. The zero-order chi connectivity index (χ0) is 15.4. The largest absolute Gasteiger partial charge is 0.337 e. The minimum absolute atomic E-state index is 0.213. The average Bonchev–Trinajstić information content (AvgIpc) is 3.18. The maximum Gasteiger partial charge on any atom is 0.321 e. The fourth-order valence-electron chi connectivity index (χ4n) is 2.98. The molecule has 2 aromatic heterocycles. The Kier molecular flexibility index (Phi) is 5.01. The van der Waals surface area contributed by atoms with Crippen molar-refractivity contribution in [1.82, 2.24) is 20.4 Å². The molecule has 2 amide bonds. The Labute approximate surface area is 137 Å². The van der Waals surface area contributed by atoms with Gasteiger partial charge in [0.2, 0.25) is 5.13 Å². The lowest BCUT2D eigenvalue weighted by Crippen LogP contribution is -2.42. The maximum absolute atomic E-state index is 11.9. The maximum atomic E-state index is 11.9. The van der Waals surface area contributed by atoms with Crippen LogP contribution in [0, 0.1) is 5.92 Å². The average molecular weight is 337 g/mol. The van der Waals surface area contributed by atoms with Gasteiger partial charge in [0, 0.05) is 17.5 Å². The van der Waals surface area contributed by atoms with Gasteiger partial charge in [-0.2, -0.15) is 0 Å². The predicted molar refractivity (Wildman–Crippen MR) is 89.3 cm³/mol. The van der Waals surface area contributed by atoms with Crippen molar-refractivity contribution in [2.45, 2.75) is 18.9 Å². The number of urea groups is 1. The van der Waals surface area contributed by atoms with E-state index in [1.165, 1.54) is 22.6 Å². The number of hydrogen-bond donors (Lipinski definition) is 2. The molecule has 0 unspecified atom stereocenters. The van der Waals surface area contributed by atoms with Crippen LogP contribution in [-0.4, -0.2) is 41.3 Å². The Bertz CT molecular complexity index is 586. The second kappa shape index (κ2) is 7.17. The number of nitrogens with one attached hydrogen (secondary N) is 2. The Balaban J connectivity index is 1.58. The zero-order valence-corrected chi connectivity index (χ0v) is 14.0. The molecule has 118 valence electrons. The second-order valence-corrected chi connectivity index (χ2v) is 7.23. The van der Waals surface area contributed by atoms with Crippen LogP contribution >= 0.6 is 22.7 Å². The topological polar surface area (TPSA) is 70.2 Å². The number of thiophene rings is 1. The summed E-state index contributed by atoms with van der Waals surface area (Å²) < 4.78 is 0. The van der Waals surface area contributed by atoms with Gasteiger partial charge in [-0.1, -0.05) is 17.4 Å². The first-order valence-corrected chi connectivity index (χ1v) is 9.04. The molecular formula is C14H19N5OS2. The molecule has 1 aliphatic heterocycles. The van der Waals surface area contributed by atoms with Crippen molar-refractivity contribution in [3.05, 3.63) is 27.9 Å². The van der Waals surface area contributed by atoms with Crippen LogP contribution < -0.4 is 10.6 Å². The molecule has 6 nitrogen and oxygen atoms in total. The monoisotopic (exact) mass is 337 g/mol. The van der Waals surface area contributed by atoms with Crippen LogP contribution in [0.5, 0.6) is 0 Å². The number of anilines is 1. The number of rotatable bonds is 4. The summed E-state index contributed by atoms with van der Waals surface area (Å²) in [6.07, 6.45) is 2.30. The third-order valence-corrected chi connectivity index (χ3v) is 5.50. The number of carbonyl (C=O) groups excluding carboxylic acids is 1. The van der Waals surface area contributed by atoms with Crippen molar-refractivity contribution in [2.75, 3.05) is 25.5 Å². The van der Waals surface area contributed by atoms with E-state index in [0.29, 0.717) is 23.6 Å². The Morgan fingerprint density at radius 3 is 3.14 bits per heavy atom. The molecule has 0 aliphatic carbocycles. The first kappa shape index (κ1) is 15.4. The predicted octanol–water partition coefficient (Wildman–Crippen LogP) is 2.80. The molecular weight excluding hydrogens is 318 g/mol. The normalized spacial score (nSPS) is 22.4. The summed E-state index contributed by atoms with van der Waals surface area (Å²) >= 11 is 3.10. The summed E-state index contributed by atoms with van der Waals surface area (Å²) in [7, 11) is 2.16. The van der Waals surface area contributed by atoms with Gasteiger partial charge < -0.3 is 5.32 Å². The summed E-state index contributed by atoms with van der Waals surface area (Å²) in [5.74, 6) is 0.428. The number of hydrogen-bond acceptors (Lipinski definition) is 6. The summed E-state index contributed by atoms with van der Waals surface area (Å²) in [6.45, 7) is 1.77. The van der Waals surface area contributed by atoms with Gasteiger partial charge in [-0.15, -0.1) is 21.5 Å². The number of carbonyl (C=O) groups is 1.